The Hall–Kier alpha value is -0.170. The average Bonchev–Trinajstić information content (AvgIpc) is 2.08. The Labute approximate surface area is 92.8 Å². The van der Waals surface area contributed by atoms with Crippen molar-refractivity contribution in [2.75, 3.05) is 13.6 Å². The van der Waals surface area contributed by atoms with Crippen molar-refractivity contribution < 1.29 is 22.8 Å². The van der Waals surface area contributed by atoms with Gasteiger partial charge in [0.15, 0.2) is 0 Å². The van der Waals surface area contributed by atoms with Crippen LogP contribution < -0.4 is 5.32 Å². The zero-order chi connectivity index (χ0) is 12.2. The largest absolute Gasteiger partial charge is 0.726 e. The van der Waals surface area contributed by atoms with Gasteiger partial charge in [0, 0.05) is 0 Å². The molecular formula is C9H23NO4S. The van der Waals surface area contributed by atoms with E-state index in [-0.39, 0.29) is 0 Å². The predicted octanol–water partition coefficient (Wildman–Crippen LogP) is 0.545. The molecule has 5 nitrogen and oxygen atoms in total. The van der Waals surface area contributed by atoms with Crippen LogP contribution in [0.4, 0.5) is 0 Å². The second kappa shape index (κ2) is 11.9. The predicted molar refractivity (Wildman–Crippen MR) is 58.4 cm³/mol. The Bertz CT molecular complexity index is 188. The first-order valence-corrected chi connectivity index (χ1v) is 6.74. The van der Waals surface area contributed by atoms with E-state index in [0.29, 0.717) is 0 Å². The van der Waals surface area contributed by atoms with Crippen LogP contribution in [-0.4, -0.2) is 31.1 Å². The quantitative estimate of drug-likeness (QED) is 0.386. The normalized spacial score (nSPS) is 10.7. The molecule has 0 amide bonds. The van der Waals surface area contributed by atoms with E-state index >= 15 is 0 Å². The van der Waals surface area contributed by atoms with Crippen molar-refractivity contribution in [2.24, 2.45) is 0 Å². The van der Waals surface area contributed by atoms with Crippen LogP contribution in [0.2, 0.25) is 0 Å². The molecule has 0 radical (unpaired) electrons. The molecule has 94 valence electrons. The first-order valence-electron chi connectivity index (χ1n) is 5.38. The van der Waals surface area contributed by atoms with Gasteiger partial charge in [0.05, 0.1) is 13.6 Å². The molecule has 0 fully saturated rings. The maximum atomic E-state index is 8.63. The van der Waals surface area contributed by atoms with Crippen LogP contribution in [0.1, 0.15) is 45.4 Å². The lowest BCUT2D eigenvalue weighted by molar-refractivity contribution is -0.627. The summed E-state index contributed by atoms with van der Waals surface area (Å²) in [7, 11) is -2.77. The van der Waals surface area contributed by atoms with Gasteiger partial charge in [0.1, 0.15) is 0 Å². The summed E-state index contributed by atoms with van der Waals surface area (Å²) in [6, 6.07) is 0. The third kappa shape index (κ3) is 41.5. The van der Waals surface area contributed by atoms with Crippen LogP contribution in [0.15, 0.2) is 0 Å². The zero-order valence-electron chi connectivity index (χ0n) is 9.61. The molecular weight excluding hydrogens is 218 g/mol. The molecule has 0 spiro atoms. The van der Waals surface area contributed by atoms with Crippen molar-refractivity contribution in [1.82, 2.24) is 0 Å². The fourth-order valence-electron chi connectivity index (χ4n) is 1.13. The summed E-state index contributed by atoms with van der Waals surface area (Å²) < 4.78 is 32.8. The van der Waals surface area contributed by atoms with Gasteiger partial charge in [-0.05, 0) is 12.8 Å². The van der Waals surface area contributed by atoms with E-state index in [2.05, 4.69) is 19.3 Å². The van der Waals surface area contributed by atoms with Crippen LogP contribution >= 0.6 is 0 Å². The van der Waals surface area contributed by atoms with Gasteiger partial charge < -0.3 is 9.87 Å². The molecule has 0 aromatic rings. The van der Waals surface area contributed by atoms with Crippen LogP contribution in [0.25, 0.3) is 0 Å². The second-order valence-corrected chi connectivity index (χ2v) is 4.25. The number of rotatable bonds is 7. The molecule has 15 heavy (non-hydrogen) atoms. The molecule has 0 bridgehead atoms. The van der Waals surface area contributed by atoms with E-state index in [9.17, 15) is 0 Å². The highest BCUT2D eigenvalue weighted by atomic mass is 32.3. The minimum atomic E-state index is -4.92. The number of hydrogen-bond acceptors (Lipinski definition) is 3. The molecule has 0 saturated carbocycles. The average molecular weight is 241 g/mol. The topological polar surface area (TPSA) is 94.0 Å². The summed E-state index contributed by atoms with van der Waals surface area (Å²) in [5.41, 5.74) is 0. The number of unbranched alkanes of at least 4 members (excludes halogenated alkanes) is 5. The van der Waals surface area contributed by atoms with E-state index in [1.54, 1.807) is 0 Å². The molecule has 0 atom stereocenters. The highest BCUT2D eigenvalue weighted by Gasteiger charge is 1.88. The second-order valence-electron chi connectivity index (χ2n) is 3.39. The third-order valence-corrected chi connectivity index (χ3v) is 1.85. The Morgan fingerprint density at radius 3 is 1.93 bits per heavy atom. The lowest BCUT2D eigenvalue weighted by Crippen LogP contribution is -2.79. The van der Waals surface area contributed by atoms with Crippen molar-refractivity contribution in [2.45, 2.75) is 45.4 Å². The number of hydrogen-bond donors (Lipinski definition) is 2. The molecule has 0 rings (SSSR count). The van der Waals surface area contributed by atoms with Crippen LogP contribution in [0.5, 0.6) is 0 Å². The Morgan fingerprint density at radius 1 is 1.13 bits per heavy atom. The Morgan fingerprint density at radius 2 is 1.53 bits per heavy atom. The van der Waals surface area contributed by atoms with Gasteiger partial charge in [-0.3, -0.25) is 4.55 Å². The van der Waals surface area contributed by atoms with E-state index in [1.807, 2.05) is 0 Å². The minimum Gasteiger partial charge on any atom is -0.726 e. The van der Waals surface area contributed by atoms with Crippen LogP contribution in [-0.2, 0) is 10.4 Å². The summed E-state index contributed by atoms with van der Waals surface area (Å²) in [6.45, 7) is 3.58. The zero-order valence-corrected chi connectivity index (χ0v) is 10.4. The smallest absolute Gasteiger partial charge is 0.215 e. The molecule has 6 heteroatoms. The Kier molecular flexibility index (Phi) is 13.7. The molecule has 0 aromatic carbocycles. The van der Waals surface area contributed by atoms with Gasteiger partial charge >= 0.3 is 0 Å². The molecule has 3 N–H and O–H groups in total. The van der Waals surface area contributed by atoms with Crippen molar-refractivity contribution in [3.63, 3.8) is 0 Å². The molecule has 0 aliphatic heterocycles. The van der Waals surface area contributed by atoms with Crippen LogP contribution in [0.3, 0.4) is 0 Å². The van der Waals surface area contributed by atoms with Gasteiger partial charge in [-0.15, -0.1) is 0 Å². The standard InChI is InChI=1S/C9H21N.H2O4S/c1-3-4-5-6-7-8-9-10-2;1-5(2,3)4/h10H,3-9H2,1-2H3;(H2,1,2,3,4). The molecule has 0 unspecified atom stereocenters. The van der Waals surface area contributed by atoms with Crippen molar-refractivity contribution in [1.29, 1.82) is 0 Å². The van der Waals surface area contributed by atoms with Gasteiger partial charge in [-0.1, -0.05) is 32.6 Å². The minimum absolute atomic E-state index is 1.31. The van der Waals surface area contributed by atoms with E-state index in [1.165, 1.54) is 45.1 Å². The number of quaternary nitrogens is 1. The highest BCUT2D eigenvalue weighted by molar-refractivity contribution is 7.79. The number of nitrogens with two attached hydrogens (primary N) is 1. The van der Waals surface area contributed by atoms with Crippen molar-refractivity contribution in [3.05, 3.63) is 0 Å². The maximum absolute atomic E-state index is 8.63. The van der Waals surface area contributed by atoms with E-state index in [4.69, 9.17) is 17.5 Å². The first kappa shape index (κ1) is 17.2. The van der Waals surface area contributed by atoms with Gasteiger partial charge in [-0.25, -0.2) is 8.42 Å². The van der Waals surface area contributed by atoms with Gasteiger partial charge in [0.2, 0.25) is 10.4 Å². The maximum Gasteiger partial charge on any atom is 0.215 e. The SMILES string of the molecule is CCCCCCCC[NH2+]C.O=S(=O)([O-])O. The molecule has 0 aliphatic carbocycles. The molecule has 0 saturated heterocycles. The van der Waals surface area contributed by atoms with Gasteiger partial charge in [0.25, 0.3) is 0 Å². The lowest BCUT2D eigenvalue weighted by atomic mass is 10.1. The summed E-state index contributed by atoms with van der Waals surface area (Å²) in [5, 5.41) is 2.26. The molecule has 0 aliphatic rings. The van der Waals surface area contributed by atoms with Gasteiger partial charge in [-0.2, -0.15) is 0 Å². The molecule has 0 heterocycles. The van der Waals surface area contributed by atoms with Crippen LogP contribution in [0, 0.1) is 0 Å². The van der Waals surface area contributed by atoms with E-state index < -0.39 is 10.4 Å². The van der Waals surface area contributed by atoms with Crippen molar-refractivity contribution >= 4 is 10.4 Å². The summed E-state index contributed by atoms with van der Waals surface area (Å²) in [6.07, 6.45) is 8.52. The Balaban J connectivity index is 0. The summed E-state index contributed by atoms with van der Waals surface area (Å²) >= 11 is 0. The summed E-state index contributed by atoms with van der Waals surface area (Å²) in [5.74, 6) is 0. The summed E-state index contributed by atoms with van der Waals surface area (Å²) in [4.78, 5) is 0. The monoisotopic (exact) mass is 241 g/mol. The van der Waals surface area contributed by atoms with E-state index in [0.717, 1.165) is 0 Å². The lowest BCUT2D eigenvalue weighted by Gasteiger charge is -1.97. The first-order chi connectivity index (χ1) is 6.91. The fraction of sp³-hybridized carbons (Fsp3) is 1.00. The molecule has 0 aromatic heterocycles. The third-order valence-electron chi connectivity index (χ3n) is 1.85. The fourth-order valence-corrected chi connectivity index (χ4v) is 1.13. The highest BCUT2D eigenvalue weighted by Crippen LogP contribution is 2.03. The van der Waals surface area contributed by atoms with Crippen molar-refractivity contribution in [3.8, 4) is 0 Å².